The van der Waals surface area contributed by atoms with Crippen LogP contribution in [0.5, 0.6) is 0 Å². The van der Waals surface area contributed by atoms with Crippen molar-refractivity contribution in [1.82, 2.24) is 14.9 Å². The summed E-state index contributed by atoms with van der Waals surface area (Å²) in [6, 6.07) is 10.1. The predicted octanol–water partition coefficient (Wildman–Crippen LogP) is 3.89. The fourth-order valence-electron chi connectivity index (χ4n) is 4.31. The zero-order valence-corrected chi connectivity index (χ0v) is 17.1. The molecule has 1 atom stereocenters. The average molecular weight is 380 g/mol. The first-order valence-electron chi connectivity index (χ1n) is 10.3. The van der Waals surface area contributed by atoms with E-state index >= 15 is 0 Å². The summed E-state index contributed by atoms with van der Waals surface area (Å²) in [5.74, 6) is 1.57. The summed E-state index contributed by atoms with van der Waals surface area (Å²) in [5.41, 5.74) is 3.98. The Morgan fingerprint density at radius 1 is 1.25 bits per heavy atom. The van der Waals surface area contributed by atoms with E-state index in [4.69, 9.17) is 14.7 Å². The molecule has 2 aliphatic heterocycles. The Hall–Kier alpha value is -2.27. The predicted molar refractivity (Wildman–Crippen MR) is 109 cm³/mol. The Bertz CT molecular complexity index is 866. The van der Waals surface area contributed by atoms with Crippen LogP contribution in [0.3, 0.4) is 0 Å². The molecule has 1 saturated heterocycles. The molecule has 1 unspecified atom stereocenters. The molecule has 0 saturated carbocycles. The van der Waals surface area contributed by atoms with Crippen LogP contribution in [0.2, 0.25) is 0 Å². The topological polar surface area (TPSA) is 55.3 Å². The van der Waals surface area contributed by atoms with Crippen molar-refractivity contribution in [1.29, 1.82) is 0 Å². The molecule has 1 aromatic carbocycles. The number of aromatic nitrogens is 2. The Kier molecular flexibility index (Phi) is 5.19. The van der Waals surface area contributed by atoms with Crippen molar-refractivity contribution < 1.29 is 9.53 Å². The molecule has 5 heteroatoms. The number of carbonyl (C=O) groups excluding carboxylic acids is 1. The smallest absolute Gasteiger partial charge is 0.222 e. The third-order valence-corrected chi connectivity index (χ3v) is 6.02. The van der Waals surface area contributed by atoms with Gasteiger partial charge >= 0.3 is 0 Å². The van der Waals surface area contributed by atoms with E-state index in [0.29, 0.717) is 32.1 Å². The van der Waals surface area contributed by atoms with Gasteiger partial charge in [0.25, 0.3) is 0 Å². The molecule has 0 N–H and O–H groups in total. The quantitative estimate of drug-likeness (QED) is 0.809. The first kappa shape index (κ1) is 19.1. The zero-order valence-electron chi connectivity index (χ0n) is 17.1. The highest BCUT2D eigenvalue weighted by Crippen LogP contribution is 2.40. The van der Waals surface area contributed by atoms with E-state index in [9.17, 15) is 4.79 Å². The highest BCUT2D eigenvalue weighted by Gasteiger charge is 2.46. The second-order valence-corrected chi connectivity index (χ2v) is 8.60. The van der Waals surface area contributed by atoms with Gasteiger partial charge in [-0.15, -0.1) is 0 Å². The molecule has 3 heterocycles. The number of carbonyl (C=O) groups is 1. The molecule has 5 nitrogen and oxygen atoms in total. The van der Waals surface area contributed by atoms with Crippen molar-refractivity contribution >= 4 is 5.91 Å². The summed E-state index contributed by atoms with van der Waals surface area (Å²) in [4.78, 5) is 24.5. The number of rotatable bonds is 4. The summed E-state index contributed by atoms with van der Waals surface area (Å²) in [7, 11) is 0. The van der Waals surface area contributed by atoms with Crippen LogP contribution in [-0.4, -0.2) is 40.5 Å². The van der Waals surface area contributed by atoms with Gasteiger partial charge < -0.3 is 9.64 Å². The largest absolute Gasteiger partial charge is 0.376 e. The number of hydrogen-bond acceptors (Lipinski definition) is 4. The SMILES string of the molecule is Cc1nc(-c2ccccc2)nc2c1COCC21CCN(C(=O)CCC(C)C)C1. The van der Waals surface area contributed by atoms with E-state index in [1.807, 2.05) is 42.2 Å². The fourth-order valence-corrected chi connectivity index (χ4v) is 4.31. The minimum absolute atomic E-state index is 0.210. The number of amides is 1. The van der Waals surface area contributed by atoms with Crippen molar-refractivity contribution in [2.75, 3.05) is 19.7 Å². The summed E-state index contributed by atoms with van der Waals surface area (Å²) >= 11 is 0. The van der Waals surface area contributed by atoms with Gasteiger partial charge in [0.05, 0.1) is 24.3 Å². The normalized spacial score (nSPS) is 21.4. The lowest BCUT2D eigenvalue weighted by molar-refractivity contribution is -0.130. The molecule has 2 aromatic rings. The lowest BCUT2D eigenvalue weighted by Gasteiger charge is -2.35. The van der Waals surface area contributed by atoms with Crippen LogP contribution in [0, 0.1) is 12.8 Å². The van der Waals surface area contributed by atoms with Crippen LogP contribution >= 0.6 is 0 Å². The molecular weight excluding hydrogens is 350 g/mol. The molecule has 1 spiro atoms. The van der Waals surface area contributed by atoms with E-state index in [1.54, 1.807) is 0 Å². The van der Waals surface area contributed by atoms with Crippen LogP contribution < -0.4 is 0 Å². The highest BCUT2D eigenvalue weighted by molar-refractivity contribution is 5.76. The van der Waals surface area contributed by atoms with Gasteiger partial charge in [0, 0.05) is 36.3 Å². The maximum absolute atomic E-state index is 12.7. The van der Waals surface area contributed by atoms with Crippen molar-refractivity contribution in [3.05, 3.63) is 47.3 Å². The lowest BCUT2D eigenvalue weighted by atomic mass is 9.80. The molecule has 1 aromatic heterocycles. The van der Waals surface area contributed by atoms with Crippen LogP contribution in [0.1, 0.15) is 50.1 Å². The fraction of sp³-hybridized carbons (Fsp3) is 0.522. The maximum Gasteiger partial charge on any atom is 0.222 e. The number of hydrogen-bond donors (Lipinski definition) is 0. The first-order valence-corrected chi connectivity index (χ1v) is 10.3. The Labute approximate surface area is 167 Å². The van der Waals surface area contributed by atoms with Crippen molar-refractivity contribution in [3.8, 4) is 11.4 Å². The molecule has 4 rings (SSSR count). The van der Waals surface area contributed by atoms with Crippen LogP contribution in [0.4, 0.5) is 0 Å². The zero-order chi connectivity index (χ0) is 19.7. The van der Waals surface area contributed by atoms with Crippen molar-refractivity contribution in [2.45, 2.75) is 52.1 Å². The van der Waals surface area contributed by atoms with E-state index in [2.05, 4.69) is 13.8 Å². The number of nitrogens with zero attached hydrogens (tertiary/aromatic N) is 3. The maximum atomic E-state index is 12.7. The number of fused-ring (bicyclic) bond motifs is 2. The van der Waals surface area contributed by atoms with Crippen molar-refractivity contribution in [2.24, 2.45) is 5.92 Å². The summed E-state index contributed by atoms with van der Waals surface area (Å²) in [6.07, 6.45) is 2.46. The second kappa shape index (κ2) is 7.63. The molecule has 0 bridgehead atoms. The average Bonchev–Trinajstić information content (AvgIpc) is 3.12. The second-order valence-electron chi connectivity index (χ2n) is 8.60. The molecule has 1 fully saturated rings. The van der Waals surface area contributed by atoms with Gasteiger partial charge in [0.2, 0.25) is 5.91 Å². The third-order valence-electron chi connectivity index (χ3n) is 6.02. The van der Waals surface area contributed by atoms with Gasteiger partial charge in [-0.05, 0) is 25.7 Å². The Morgan fingerprint density at radius 3 is 2.79 bits per heavy atom. The van der Waals surface area contributed by atoms with Crippen LogP contribution in [0.15, 0.2) is 30.3 Å². The van der Waals surface area contributed by atoms with Crippen molar-refractivity contribution in [3.63, 3.8) is 0 Å². The van der Waals surface area contributed by atoms with E-state index in [-0.39, 0.29) is 11.3 Å². The molecule has 0 aliphatic carbocycles. The lowest BCUT2D eigenvalue weighted by Crippen LogP contribution is -2.42. The van der Waals surface area contributed by atoms with E-state index < -0.39 is 0 Å². The van der Waals surface area contributed by atoms with Crippen LogP contribution in [0.25, 0.3) is 11.4 Å². The minimum Gasteiger partial charge on any atom is -0.376 e. The van der Waals surface area contributed by atoms with E-state index in [1.165, 1.54) is 0 Å². The standard InChI is InChI=1S/C23H29N3O2/c1-16(2)9-10-20(27)26-12-11-23(14-26)15-28-13-19-17(3)24-22(25-21(19)23)18-7-5-4-6-8-18/h4-8,16H,9-15H2,1-3H3. The summed E-state index contributed by atoms with van der Waals surface area (Å²) < 4.78 is 5.97. The molecule has 148 valence electrons. The van der Waals surface area contributed by atoms with Gasteiger partial charge in [0.15, 0.2) is 5.82 Å². The number of aryl methyl sites for hydroxylation is 1. The third kappa shape index (κ3) is 3.55. The highest BCUT2D eigenvalue weighted by atomic mass is 16.5. The number of likely N-dealkylation sites (tertiary alicyclic amines) is 1. The number of ether oxygens (including phenoxy) is 1. The Morgan fingerprint density at radius 2 is 2.04 bits per heavy atom. The van der Waals surface area contributed by atoms with Gasteiger partial charge in [-0.25, -0.2) is 9.97 Å². The van der Waals surface area contributed by atoms with Gasteiger partial charge in [-0.3, -0.25) is 4.79 Å². The molecule has 2 aliphatic rings. The first-order chi connectivity index (χ1) is 13.5. The Balaban J connectivity index is 1.65. The molecule has 1 amide bonds. The van der Waals surface area contributed by atoms with Gasteiger partial charge in [-0.1, -0.05) is 44.2 Å². The molecule has 0 radical (unpaired) electrons. The van der Waals surface area contributed by atoms with Crippen LogP contribution in [-0.2, 0) is 21.6 Å². The summed E-state index contributed by atoms with van der Waals surface area (Å²) in [5, 5.41) is 0. The molecule has 28 heavy (non-hydrogen) atoms. The minimum atomic E-state index is -0.210. The summed E-state index contributed by atoms with van der Waals surface area (Å²) in [6.45, 7) is 9.02. The van der Waals surface area contributed by atoms with Gasteiger partial charge in [0.1, 0.15) is 0 Å². The number of benzene rings is 1. The van der Waals surface area contributed by atoms with E-state index in [0.717, 1.165) is 47.7 Å². The molecular formula is C23H29N3O2. The monoisotopic (exact) mass is 379 g/mol. The van der Waals surface area contributed by atoms with Gasteiger partial charge in [-0.2, -0.15) is 0 Å².